The van der Waals surface area contributed by atoms with Crippen molar-refractivity contribution in [2.24, 2.45) is 0 Å². The number of hydrogen-bond donors (Lipinski definition) is 1. The van der Waals surface area contributed by atoms with Gasteiger partial charge in [-0.3, -0.25) is 0 Å². The molecule has 0 aliphatic carbocycles. The molecule has 1 aromatic rings. The first-order valence-corrected chi connectivity index (χ1v) is 5.63. The van der Waals surface area contributed by atoms with Crippen molar-refractivity contribution in [3.05, 3.63) is 23.3 Å². The summed E-state index contributed by atoms with van der Waals surface area (Å²) in [6.07, 6.45) is 0.880. The van der Waals surface area contributed by atoms with Crippen LogP contribution in [0.25, 0.3) is 0 Å². The quantitative estimate of drug-likeness (QED) is 0.852. The van der Waals surface area contributed by atoms with E-state index < -0.39 is 0 Å². The van der Waals surface area contributed by atoms with Gasteiger partial charge in [-0.2, -0.15) is 0 Å². The van der Waals surface area contributed by atoms with E-state index in [1.54, 1.807) is 0 Å². The van der Waals surface area contributed by atoms with E-state index in [-0.39, 0.29) is 12.0 Å². The Bertz CT molecular complexity index is 396. The van der Waals surface area contributed by atoms with Crippen molar-refractivity contribution < 1.29 is 14.6 Å². The van der Waals surface area contributed by atoms with Gasteiger partial charge < -0.3 is 14.6 Å². The van der Waals surface area contributed by atoms with Gasteiger partial charge in [0.2, 0.25) is 6.79 Å². The molecule has 1 aliphatic rings. The molecule has 0 amide bonds. The zero-order valence-corrected chi connectivity index (χ0v) is 10.0. The average molecular weight is 222 g/mol. The average Bonchev–Trinajstić information content (AvgIpc) is 2.75. The molecule has 1 aromatic carbocycles. The van der Waals surface area contributed by atoms with Gasteiger partial charge in [0.1, 0.15) is 0 Å². The van der Waals surface area contributed by atoms with Crippen LogP contribution in [0.2, 0.25) is 0 Å². The highest BCUT2D eigenvalue weighted by molar-refractivity contribution is 5.54. The van der Waals surface area contributed by atoms with Gasteiger partial charge in [-0.15, -0.1) is 0 Å². The van der Waals surface area contributed by atoms with Crippen LogP contribution < -0.4 is 9.47 Å². The second-order valence-electron chi connectivity index (χ2n) is 4.72. The Morgan fingerprint density at radius 2 is 2.06 bits per heavy atom. The van der Waals surface area contributed by atoms with Gasteiger partial charge >= 0.3 is 0 Å². The van der Waals surface area contributed by atoms with Crippen LogP contribution in [0.4, 0.5) is 0 Å². The van der Waals surface area contributed by atoms with Gasteiger partial charge in [0.05, 0.1) is 6.61 Å². The first kappa shape index (κ1) is 11.3. The molecule has 16 heavy (non-hydrogen) atoms. The molecule has 0 fully saturated rings. The monoisotopic (exact) mass is 222 g/mol. The van der Waals surface area contributed by atoms with E-state index in [0.29, 0.717) is 6.79 Å². The SMILES string of the molecule is CCc1c(C(C)(C)CO)ccc2c1OCO2. The van der Waals surface area contributed by atoms with E-state index in [2.05, 4.69) is 6.92 Å². The van der Waals surface area contributed by atoms with E-state index in [1.165, 1.54) is 0 Å². The first-order chi connectivity index (χ1) is 7.60. The Hall–Kier alpha value is -1.22. The van der Waals surface area contributed by atoms with Crippen LogP contribution in [0.3, 0.4) is 0 Å². The maximum absolute atomic E-state index is 9.44. The van der Waals surface area contributed by atoms with Crippen molar-refractivity contribution in [2.45, 2.75) is 32.6 Å². The molecule has 0 spiro atoms. The minimum absolute atomic E-state index is 0.125. The topological polar surface area (TPSA) is 38.7 Å². The predicted molar refractivity (Wildman–Crippen MR) is 62.1 cm³/mol. The smallest absolute Gasteiger partial charge is 0.231 e. The van der Waals surface area contributed by atoms with Gasteiger partial charge in [0.15, 0.2) is 11.5 Å². The maximum Gasteiger partial charge on any atom is 0.231 e. The standard InChI is InChI=1S/C13H18O3/c1-4-9-10(13(2,3)7-14)5-6-11-12(9)16-8-15-11/h5-6,14H,4,7-8H2,1-3H3. The fraction of sp³-hybridized carbons (Fsp3) is 0.538. The Labute approximate surface area is 96.0 Å². The van der Waals surface area contributed by atoms with Crippen molar-refractivity contribution in [3.8, 4) is 11.5 Å². The molecule has 0 saturated heterocycles. The first-order valence-electron chi connectivity index (χ1n) is 5.63. The highest BCUT2D eigenvalue weighted by Crippen LogP contribution is 2.41. The lowest BCUT2D eigenvalue weighted by atomic mass is 9.81. The van der Waals surface area contributed by atoms with Gasteiger partial charge in [0, 0.05) is 11.0 Å². The molecule has 1 N–H and O–H groups in total. The molecule has 0 saturated carbocycles. The number of aliphatic hydroxyl groups is 1. The minimum atomic E-state index is -0.244. The van der Waals surface area contributed by atoms with Crippen LogP contribution in [0.1, 0.15) is 31.9 Å². The highest BCUT2D eigenvalue weighted by Gasteiger charge is 2.27. The molecular weight excluding hydrogens is 204 g/mol. The normalized spacial score (nSPS) is 14.2. The Kier molecular flexibility index (Phi) is 2.80. The van der Waals surface area contributed by atoms with Crippen LogP contribution in [-0.4, -0.2) is 18.5 Å². The lowest BCUT2D eigenvalue weighted by molar-refractivity contribution is 0.173. The summed E-state index contributed by atoms with van der Waals surface area (Å²) >= 11 is 0. The lowest BCUT2D eigenvalue weighted by Crippen LogP contribution is -2.23. The van der Waals surface area contributed by atoms with Crippen LogP contribution in [0, 0.1) is 0 Å². The van der Waals surface area contributed by atoms with Crippen LogP contribution >= 0.6 is 0 Å². The molecule has 1 aliphatic heterocycles. The lowest BCUT2D eigenvalue weighted by Gasteiger charge is -2.25. The van der Waals surface area contributed by atoms with Crippen molar-refractivity contribution in [3.63, 3.8) is 0 Å². The van der Waals surface area contributed by atoms with E-state index in [4.69, 9.17) is 9.47 Å². The van der Waals surface area contributed by atoms with Crippen molar-refractivity contribution in [1.82, 2.24) is 0 Å². The number of fused-ring (bicyclic) bond motifs is 1. The number of rotatable bonds is 3. The van der Waals surface area contributed by atoms with Crippen LogP contribution in [0.15, 0.2) is 12.1 Å². The second kappa shape index (κ2) is 3.98. The van der Waals surface area contributed by atoms with E-state index in [0.717, 1.165) is 29.0 Å². The van der Waals surface area contributed by atoms with Gasteiger partial charge in [-0.05, 0) is 18.1 Å². The van der Waals surface area contributed by atoms with Crippen molar-refractivity contribution >= 4 is 0 Å². The Morgan fingerprint density at radius 1 is 1.31 bits per heavy atom. The molecule has 3 nitrogen and oxygen atoms in total. The van der Waals surface area contributed by atoms with Crippen molar-refractivity contribution in [1.29, 1.82) is 0 Å². The molecule has 0 atom stereocenters. The Morgan fingerprint density at radius 3 is 2.69 bits per heavy atom. The number of ether oxygens (including phenoxy) is 2. The number of benzene rings is 1. The fourth-order valence-electron chi connectivity index (χ4n) is 2.10. The number of aliphatic hydroxyl groups excluding tert-OH is 1. The molecule has 2 rings (SSSR count). The molecular formula is C13H18O3. The predicted octanol–water partition coefficient (Wildman–Crippen LogP) is 2.25. The summed E-state index contributed by atoms with van der Waals surface area (Å²) in [6, 6.07) is 3.96. The molecule has 0 bridgehead atoms. The summed E-state index contributed by atoms with van der Waals surface area (Å²) in [5.74, 6) is 1.66. The summed E-state index contributed by atoms with van der Waals surface area (Å²) in [7, 11) is 0. The summed E-state index contributed by atoms with van der Waals surface area (Å²) in [4.78, 5) is 0. The third-order valence-electron chi connectivity index (χ3n) is 3.12. The number of hydrogen-bond acceptors (Lipinski definition) is 3. The largest absolute Gasteiger partial charge is 0.454 e. The molecule has 88 valence electrons. The summed E-state index contributed by atoms with van der Waals surface area (Å²) < 4.78 is 10.9. The van der Waals surface area contributed by atoms with E-state index in [9.17, 15) is 5.11 Å². The summed E-state index contributed by atoms with van der Waals surface area (Å²) in [5, 5.41) is 9.44. The zero-order chi connectivity index (χ0) is 11.8. The van der Waals surface area contributed by atoms with E-state index >= 15 is 0 Å². The van der Waals surface area contributed by atoms with Gasteiger partial charge in [-0.25, -0.2) is 0 Å². The zero-order valence-electron chi connectivity index (χ0n) is 10.0. The third-order valence-corrected chi connectivity index (χ3v) is 3.12. The van der Waals surface area contributed by atoms with Crippen molar-refractivity contribution in [2.75, 3.05) is 13.4 Å². The third kappa shape index (κ3) is 1.65. The van der Waals surface area contributed by atoms with Crippen LogP contribution in [0.5, 0.6) is 11.5 Å². The molecule has 0 radical (unpaired) electrons. The Balaban J connectivity index is 2.55. The summed E-state index contributed by atoms with van der Waals surface area (Å²) in [5.41, 5.74) is 2.04. The second-order valence-corrected chi connectivity index (χ2v) is 4.72. The van der Waals surface area contributed by atoms with Gasteiger partial charge in [-0.1, -0.05) is 26.8 Å². The molecule has 3 heteroatoms. The minimum Gasteiger partial charge on any atom is -0.454 e. The summed E-state index contributed by atoms with van der Waals surface area (Å²) in [6.45, 7) is 6.58. The van der Waals surface area contributed by atoms with E-state index in [1.807, 2.05) is 26.0 Å². The highest BCUT2D eigenvalue weighted by atomic mass is 16.7. The van der Waals surface area contributed by atoms with Gasteiger partial charge in [0.25, 0.3) is 0 Å². The molecule has 0 aromatic heterocycles. The molecule has 0 unspecified atom stereocenters. The van der Waals surface area contributed by atoms with Crippen LogP contribution in [-0.2, 0) is 11.8 Å². The molecule has 1 heterocycles. The fourth-order valence-corrected chi connectivity index (χ4v) is 2.10. The maximum atomic E-state index is 9.44.